The third kappa shape index (κ3) is 4.02. The lowest BCUT2D eigenvalue weighted by Crippen LogP contribution is -2.46. The van der Waals surface area contributed by atoms with E-state index < -0.39 is 6.10 Å². The summed E-state index contributed by atoms with van der Waals surface area (Å²) < 4.78 is 5.87. The molecule has 28 heavy (non-hydrogen) atoms. The lowest BCUT2D eigenvalue weighted by atomic mass is 9.92. The van der Waals surface area contributed by atoms with Gasteiger partial charge in [0.25, 0.3) is 5.91 Å². The second-order valence-corrected chi connectivity index (χ2v) is 7.43. The van der Waals surface area contributed by atoms with Crippen LogP contribution in [0.2, 0.25) is 0 Å². The topological polar surface area (TPSA) is 74.7 Å². The molecule has 0 radical (unpaired) electrons. The SMILES string of the molecule is Cc1ccc(CN2C=C(C(=O)N[C@H]3CCCC[C@@H]3O)Oc3ccccc32)cn1. The number of hydrogen-bond acceptors (Lipinski definition) is 5. The minimum atomic E-state index is -0.496. The zero-order valence-electron chi connectivity index (χ0n) is 16.0. The van der Waals surface area contributed by atoms with Crippen LogP contribution in [-0.2, 0) is 11.3 Å². The van der Waals surface area contributed by atoms with Gasteiger partial charge in [-0.1, -0.05) is 31.0 Å². The summed E-state index contributed by atoms with van der Waals surface area (Å²) in [4.78, 5) is 19.2. The van der Waals surface area contributed by atoms with Crippen molar-refractivity contribution in [2.45, 2.75) is 51.3 Å². The Labute approximate surface area is 164 Å². The Hall–Kier alpha value is -2.86. The number of fused-ring (bicyclic) bond motifs is 1. The molecule has 1 fully saturated rings. The van der Waals surface area contributed by atoms with E-state index in [0.717, 1.165) is 42.6 Å². The number of rotatable bonds is 4. The molecule has 6 heteroatoms. The molecule has 2 N–H and O–H groups in total. The number of amides is 1. The summed E-state index contributed by atoms with van der Waals surface area (Å²) in [5, 5.41) is 13.1. The highest BCUT2D eigenvalue weighted by Gasteiger charge is 2.29. The van der Waals surface area contributed by atoms with Crippen molar-refractivity contribution in [3.63, 3.8) is 0 Å². The number of aromatic nitrogens is 1. The third-order valence-electron chi connectivity index (χ3n) is 5.26. The molecule has 1 aliphatic carbocycles. The van der Waals surface area contributed by atoms with Gasteiger partial charge in [0, 0.05) is 18.4 Å². The van der Waals surface area contributed by atoms with Crippen LogP contribution in [0.25, 0.3) is 0 Å². The number of aliphatic hydroxyl groups excluding tert-OH is 1. The summed E-state index contributed by atoms with van der Waals surface area (Å²) >= 11 is 0. The van der Waals surface area contributed by atoms with E-state index in [2.05, 4.69) is 10.3 Å². The van der Waals surface area contributed by atoms with E-state index in [1.54, 1.807) is 6.20 Å². The van der Waals surface area contributed by atoms with Gasteiger partial charge >= 0.3 is 0 Å². The highest BCUT2D eigenvalue weighted by atomic mass is 16.5. The highest BCUT2D eigenvalue weighted by molar-refractivity contribution is 5.93. The third-order valence-corrected chi connectivity index (χ3v) is 5.26. The molecule has 4 rings (SSSR count). The van der Waals surface area contributed by atoms with Crippen molar-refractivity contribution >= 4 is 11.6 Å². The number of nitrogens with zero attached hydrogens (tertiary/aromatic N) is 2. The van der Waals surface area contributed by atoms with Crippen LogP contribution in [0, 0.1) is 6.92 Å². The maximum absolute atomic E-state index is 12.8. The number of benzene rings is 1. The molecule has 0 bridgehead atoms. The van der Waals surface area contributed by atoms with Gasteiger partial charge in [0.1, 0.15) is 0 Å². The van der Waals surface area contributed by atoms with Gasteiger partial charge in [0.05, 0.1) is 24.0 Å². The van der Waals surface area contributed by atoms with Crippen LogP contribution >= 0.6 is 0 Å². The van der Waals surface area contributed by atoms with E-state index in [1.165, 1.54) is 0 Å². The number of carbonyl (C=O) groups is 1. The van der Waals surface area contributed by atoms with E-state index in [-0.39, 0.29) is 17.7 Å². The molecule has 146 valence electrons. The van der Waals surface area contributed by atoms with E-state index >= 15 is 0 Å². The predicted octanol–water partition coefficient (Wildman–Crippen LogP) is 3.05. The Morgan fingerprint density at radius 1 is 1.25 bits per heavy atom. The van der Waals surface area contributed by atoms with Crippen LogP contribution in [0.3, 0.4) is 0 Å². The summed E-state index contributed by atoms with van der Waals surface area (Å²) in [6.45, 7) is 2.53. The van der Waals surface area contributed by atoms with Crippen LogP contribution in [-0.4, -0.2) is 28.1 Å². The molecule has 0 spiro atoms. The molecule has 6 nitrogen and oxygen atoms in total. The largest absolute Gasteiger partial charge is 0.448 e. The summed E-state index contributed by atoms with van der Waals surface area (Å²) in [5.41, 5.74) is 2.91. The quantitative estimate of drug-likeness (QED) is 0.854. The molecule has 0 unspecified atom stereocenters. The van der Waals surface area contributed by atoms with Gasteiger partial charge in [-0.25, -0.2) is 0 Å². The standard InChI is InChI=1S/C22H25N3O3/c1-15-10-11-16(12-23-15)13-25-14-21(28-20-9-5-3-7-18(20)25)22(27)24-17-6-2-4-8-19(17)26/h3,5,7,9-12,14,17,19,26H,2,4,6,8,13H2,1H3,(H,24,27)/t17-,19-/m0/s1. The maximum Gasteiger partial charge on any atom is 0.288 e. The van der Waals surface area contributed by atoms with Gasteiger partial charge in [0.15, 0.2) is 5.75 Å². The summed E-state index contributed by atoms with van der Waals surface area (Å²) in [5.74, 6) is 0.573. The number of pyridine rings is 1. The van der Waals surface area contributed by atoms with Crippen molar-refractivity contribution in [2.24, 2.45) is 0 Å². The smallest absolute Gasteiger partial charge is 0.288 e. The predicted molar refractivity (Wildman–Crippen MR) is 107 cm³/mol. The Bertz CT molecular complexity index is 879. The summed E-state index contributed by atoms with van der Waals surface area (Å²) in [6, 6.07) is 11.4. The number of aryl methyl sites for hydroxylation is 1. The second-order valence-electron chi connectivity index (χ2n) is 7.43. The minimum Gasteiger partial charge on any atom is -0.448 e. The fraction of sp³-hybridized carbons (Fsp3) is 0.364. The van der Waals surface area contributed by atoms with Crippen LogP contribution in [0.4, 0.5) is 5.69 Å². The van der Waals surface area contributed by atoms with Crippen molar-refractivity contribution < 1.29 is 14.6 Å². The van der Waals surface area contributed by atoms with E-state index in [1.807, 2.05) is 54.4 Å². The van der Waals surface area contributed by atoms with Gasteiger partial charge in [0.2, 0.25) is 5.76 Å². The molecule has 2 aromatic rings. The first-order valence-corrected chi connectivity index (χ1v) is 9.76. The van der Waals surface area contributed by atoms with Crippen molar-refractivity contribution in [1.29, 1.82) is 0 Å². The monoisotopic (exact) mass is 379 g/mol. The van der Waals surface area contributed by atoms with Crippen molar-refractivity contribution in [3.8, 4) is 5.75 Å². The van der Waals surface area contributed by atoms with Gasteiger partial charge < -0.3 is 20.1 Å². The molecule has 0 saturated heterocycles. The molecule has 1 saturated carbocycles. The second kappa shape index (κ2) is 8.02. The maximum atomic E-state index is 12.8. The number of hydrogen-bond donors (Lipinski definition) is 2. The minimum absolute atomic E-state index is 0.224. The Kier molecular flexibility index (Phi) is 5.30. The molecule has 2 atom stereocenters. The fourth-order valence-electron chi connectivity index (χ4n) is 3.68. The van der Waals surface area contributed by atoms with E-state index in [9.17, 15) is 9.90 Å². The molecule has 1 amide bonds. The summed E-state index contributed by atoms with van der Waals surface area (Å²) in [6.07, 6.45) is 6.60. The van der Waals surface area contributed by atoms with Crippen molar-refractivity contribution in [2.75, 3.05) is 4.90 Å². The lowest BCUT2D eigenvalue weighted by molar-refractivity contribution is -0.121. The van der Waals surface area contributed by atoms with Crippen LogP contribution < -0.4 is 15.0 Å². The number of carbonyl (C=O) groups excluding carboxylic acids is 1. The Balaban J connectivity index is 1.56. The zero-order valence-corrected chi connectivity index (χ0v) is 16.0. The molecular formula is C22H25N3O3. The summed E-state index contributed by atoms with van der Waals surface area (Å²) in [7, 11) is 0. The zero-order chi connectivity index (χ0) is 19.5. The Morgan fingerprint density at radius 3 is 2.86 bits per heavy atom. The molecular weight excluding hydrogens is 354 g/mol. The van der Waals surface area contributed by atoms with Gasteiger partial charge in [-0.3, -0.25) is 9.78 Å². The lowest BCUT2D eigenvalue weighted by Gasteiger charge is -2.31. The molecule has 1 aromatic carbocycles. The first kappa shape index (κ1) is 18.5. The normalized spacial score (nSPS) is 21.4. The van der Waals surface area contributed by atoms with Crippen LogP contribution in [0.1, 0.15) is 36.9 Å². The first-order chi connectivity index (χ1) is 13.6. The average Bonchev–Trinajstić information content (AvgIpc) is 2.71. The van der Waals surface area contributed by atoms with Crippen molar-refractivity contribution in [3.05, 3.63) is 65.8 Å². The van der Waals surface area contributed by atoms with Gasteiger partial charge in [-0.2, -0.15) is 0 Å². The fourth-order valence-corrected chi connectivity index (χ4v) is 3.68. The average molecular weight is 379 g/mol. The van der Waals surface area contributed by atoms with E-state index in [4.69, 9.17) is 4.74 Å². The van der Waals surface area contributed by atoms with Crippen molar-refractivity contribution in [1.82, 2.24) is 10.3 Å². The van der Waals surface area contributed by atoms with E-state index in [0.29, 0.717) is 12.3 Å². The van der Waals surface area contributed by atoms with Crippen LogP contribution in [0.5, 0.6) is 5.75 Å². The number of anilines is 1. The van der Waals surface area contributed by atoms with Crippen LogP contribution in [0.15, 0.2) is 54.6 Å². The highest BCUT2D eigenvalue weighted by Crippen LogP contribution is 2.35. The number of nitrogens with one attached hydrogen (secondary N) is 1. The number of ether oxygens (including phenoxy) is 1. The Morgan fingerprint density at radius 2 is 2.07 bits per heavy atom. The number of aliphatic hydroxyl groups is 1. The first-order valence-electron chi connectivity index (χ1n) is 9.76. The molecule has 1 aromatic heterocycles. The van der Waals surface area contributed by atoms with Gasteiger partial charge in [-0.05, 0) is 43.5 Å². The molecule has 1 aliphatic heterocycles. The molecule has 2 aliphatic rings. The number of para-hydroxylation sites is 2. The van der Waals surface area contributed by atoms with Gasteiger partial charge in [-0.15, -0.1) is 0 Å². The molecule has 2 heterocycles.